The number of hydrogen-bond donors (Lipinski definition) is 1. The number of halogens is 6. The molecule has 2 atom stereocenters. The van der Waals surface area contributed by atoms with Crippen LogP contribution in [0, 0.1) is 23.4 Å². The average Bonchev–Trinajstić information content (AvgIpc) is 3.48. The fraction of sp³-hybridized carbons (Fsp3) is 0.386. The van der Waals surface area contributed by atoms with E-state index in [4.69, 9.17) is 4.43 Å². The molecule has 4 aromatic carbocycles. The van der Waals surface area contributed by atoms with E-state index in [0.29, 0.717) is 42.5 Å². The number of aromatic nitrogens is 1. The van der Waals surface area contributed by atoms with Gasteiger partial charge in [-0.05, 0) is 71.1 Å². The summed E-state index contributed by atoms with van der Waals surface area (Å²) in [5, 5.41) is 1.73. The first-order chi connectivity index (χ1) is 26.6. The number of benzene rings is 4. The van der Waals surface area contributed by atoms with Crippen molar-refractivity contribution in [2.45, 2.75) is 63.6 Å². The lowest BCUT2D eigenvalue weighted by Crippen LogP contribution is -2.67. The second kappa shape index (κ2) is 15.6. The van der Waals surface area contributed by atoms with Crippen LogP contribution in [0.15, 0.2) is 91.0 Å². The van der Waals surface area contributed by atoms with Crippen molar-refractivity contribution < 1.29 is 35.6 Å². The molecule has 0 unspecified atom stereocenters. The van der Waals surface area contributed by atoms with Crippen molar-refractivity contribution in [3.63, 3.8) is 0 Å². The first-order valence-electron chi connectivity index (χ1n) is 19.1. The Balaban J connectivity index is 1.25. The van der Waals surface area contributed by atoms with Crippen LogP contribution in [-0.2, 0) is 10.8 Å². The monoisotopic (exact) mass is 791 g/mol. The Morgan fingerprint density at radius 1 is 0.893 bits per heavy atom. The van der Waals surface area contributed by atoms with Crippen LogP contribution >= 0.6 is 0 Å². The lowest BCUT2D eigenvalue weighted by molar-refractivity contribution is -0.0825. The molecule has 0 spiro atoms. The van der Waals surface area contributed by atoms with E-state index in [9.17, 15) is 13.6 Å². The molecule has 5 nitrogen and oxygen atoms in total. The Kier molecular flexibility index (Phi) is 11.1. The highest BCUT2D eigenvalue weighted by Crippen LogP contribution is 2.45. The minimum atomic E-state index is -3.50. The van der Waals surface area contributed by atoms with Crippen molar-refractivity contribution in [3.05, 3.63) is 131 Å². The van der Waals surface area contributed by atoms with E-state index in [2.05, 4.69) is 4.98 Å². The van der Waals surface area contributed by atoms with Crippen LogP contribution in [0.5, 0.6) is 0 Å². The molecule has 0 bridgehead atoms. The number of H-pyrrole nitrogens is 1. The molecule has 5 aromatic rings. The van der Waals surface area contributed by atoms with E-state index in [-0.39, 0.29) is 17.7 Å². The predicted molar refractivity (Wildman–Crippen MR) is 210 cm³/mol. The molecule has 7 rings (SSSR count). The number of carbonyl (C=O) groups is 1. The lowest BCUT2D eigenvalue weighted by atomic mass is 9.86. The van der Waals surface area contributed by atoms with Crippen LogP contribution in [0.25, 0.3) is 10.9 Å². The van der Waals surface area contributed by atoms with Gasteiger partial charge in [0.25, 0.3) is 14.2 Å². The van der Waals surface area contributed by atoms with Crippen LogP contribution in [0.3, 0.4) is 0 Å². The maximum Gasteiger partial charge on any atom is 0.282 e. The number of alkyl halides is 3. The van der Waals surface area contributed by atoms with Crippen LogP contribution in [0.4, 0.5) is 26.3 Å². The lowest BCUT2D eigenvalue weighted by Gasteiger charge is -2.45. The van der Waals surface area contributed by atoms with E-state index in [1.807, 2.05) is 86.3 Å². The summed E-state index contributed by atoms with van der Waals surface area (Å²) in [6.45, 7) is 6.58. The SMILES string of the molecule is C[C@H]1Cc2c([nH]c3cc(F)ccc23)[C@H](c2c(F)cc(C(=O)C3CN(CCCF)C3)cc2F)N1CC(F)(F)CO[Si](c1ccccc1)(c1ccccc1)C(C)(C)C. The quantitative estimate of drug-likeness (QED) is 0.0738. The van der Waals surface area contributed by atoms with Gasteiger partial charge in [-0.1, -0.05) is 81.4 Å². The maximum absolute atomic E-state index is 16.8. The second-order valence-corrected chi connectivity index (χ2v) is 20.7. The van der Waals surface area contributed by atoms with Gasteiger partial charge >= 0.3 is 0 Å². The van der Waals surface area contributed by atoms with Crippen LogP contribution in [0.2, 0.25) is 5.04 Å². The summed E-state index contributed by atoms with van der Waals surface area (Å²) in [6.07, 6.45) is 0.589. The molecule has 296 valence electrons. The number of nitrogens with one attached hydrogen (secondary N) is 1. The van der Waals surface area contributed by atoms with Crippen molar-refractivity contribution in [2.75, 3.05) is 39.5 Å². The average molecular weight is 792 g/mol. The van der Waals surface area contributed by atoms with Gasteiger partial charge in [-0.25, -0.2) is 22.0 Å². The summed E-state index contributed by atoms with van der Waals surface area (Å²) in [5.74, 6) is -7.05. The highest BCUT2D eigenvalue weighted by molar-refractivity contribution is 6.99. The number of rotatable bonds is 13. The summed E-state index contributed by atoms with van der Waals surface area (Å²) in [5.41, 5.74) is 0.681. The van der Waals surface area contributed by atoms with Gasteiger partial charge in [0.15, 0.2) is 5.78 Å². The van der Waals surface area contributed by atoms with Crippen molar-refractivity contribution in [3.8, 4) is 0 Å². The number of carbonyl (C=O) groups excluding carboxylic acids is 1. The molecule has 2 aliphatic rings. The molecule has 1 aromatic heterocycles. The van der Waals surface area contributed by atoms with Gasteiger partial charge in [0.05, 0.1) is 25.9 Å². The predicted octanol–water partition coefficient (Wildman–Crippen LogP) is 8.61. The summed E-state index contributed by atoms with van der Waals surface area (Å²) >= 11 is 0. The summed E-state index contributed by atoms with van der Waals surface area (Å²) in [7, 11) is -3.37. The number of nitrogens with zero attached hydrogens (tertiary/aromatic N) is 2. The molecular weight excluding hydrogens is 745 g/mol. The van der Waals surface area contributed by atoms with Gasteiger partial charge in [-0.15, -0.1) is 0 Å². The normalized spacial score (nSPS) is 18.6. The zero-order valence-corrected chi connectivity index (χ0v) is 33.0. The minimum absolute atomic E-state index is 0.155. The van der Waals surface area contributed by atoms with Crippen LogP contribution in [0.1, 0.15) is 67.3 Å². The smallest absolute Gasteiger partial charge is 0.282 e. The van der Waals surface area contributed by atoms with Gasteiger partial charge in [-0.2, -0.15) is 0 Å². The van der Waals surface area contributed by atoms with Gasteiger partial charge in [0.2, 0.25) is 0 Å². The van der Waals surface area contributed by atoms with E-state index in [1.165, 1.54) is 17.0 Å². The molecule has 0 radical (unpaired) electrons. The Labute approximate surface area is 324 Å². The fourth-order valence-electron chi connectivity index (χ4n) is 8.81. The Morgan fingerprint density at radius 3 is 2.07 bits per heavy atom. The summed E-state index contributed by atoms with van der Waals surface area (Å²) in [6, 6.07) is 23.0. The molecule has 12 heteroatoms. The van der Waals surface area contributed by atoms with E-state index >= 15 is 17.6 Å². The molecule has 0 saturated carbocycles. The van der Waals surface area contributed by atoms with Crippen LogP contribution in [-0.4, -0.2) is 80.3 Å². The van der Waals surface area contributed by atoms with Crippen molar-refractivity contribution in [1.82, 2.24) is 14.8 Å². The first kappa shape index (κ1) is 40.0. The number of hydrogen-bond acceptors (Lipinski definition) is 4. The zero-order valence-electron chi connectivity index (χ0n) is 32.0. The Bertz CT molecular complexity index is 2120. The second-order valence-electron chi connectivity index (χ2n) is 16.4. The molecule has 1 saturated heterocycles. The molecule has 1 N–H and O–H groups in total. The van der Waals surface area contributed by atoms with E-state index in [0.717, 1.165) is 22.5 Å². The number of fused-ring (bicyclic) bond motifs is 3. The van der Waals surface area contributed by atoms with Crippen LogP contribution < -0.4 is 10.4 Å². The highest BCUT2D eigenvalue weighted by Gasteiger charge is 2.53. The minimum Gasteiger partial charge on any atom is -0.401 e. The number of likely N-dealkylation sites (tertiary alicyclic amines) is 1. The number of aromatic amines is 1. The first-order valence-corrected chi connectivity index (χ1v) is 21.0. The molecule has 3 heterocycles. The largest absolute Gasteiger partial charge is 0.401 e. The Hall–Kier alpha value is -4.23. The van der Waals surface area contributed by atoms with Gasteiger partial charge < -0.3 is 14.3 Å². The zero-order chi connectivity index (χ0) is 40.0. The summed E-state index contributed by atoms with van der Waals surface area (Å²) < 4.78 is 100. The van der Waals surface area contributed by atoms with Crippen molar-refractivity contribution in [1.29, 1.82) is 0 Å². The molecule has 1 fully saturated rings. The molecule has 2 aliphatic heterocycles. The number of ketones is 1. The third-order valence-corrected chi connectivity index (χ3v) is 16.5. The molecular formula is C44H47F6N3O2Si. The van der Waals surface area contributed by atoms with E-state index < -0.39 is 85.9 Å². The van der Waals surface area contributed by atoms with Gasteiger partial charge in [-0.3, -0.25) is 14.1 Å². The molecule has 56 heavy (non-hydrogen) atoms. The van der Waals surface area contributed by atoms with Crippen molar-refractivity contribution >= 4 is 35.4 Å². The third-order valence-electron chi connectivity index (χ3n) is 11.5. The fourth-order valence-corrected chi connectivity index (χ4v) is 13.4. The maximum atomic E-state index is 16.8. The highest BCUT2D eigenvalue weighted by atomic mass is 28.4. The standard InChI is InChI=1S/C44H47F6N3O2Si/c1-28-20-35-34-17-16-31(46)23-38(34)51-40(35)41(39-36(47)21-29(22-37(39)48)42(54)30-24-52(25-30)19-11-18-45)53(28)26-44(49,50)27-55-56(43(2,3)4,32-12-7-5-8-13-32)33-14-9-6-10-15-33/h5-10,12-17,21-23,28,30,41,51H,11,18-20,24-27H2,1-4H3/t28-,41-/m0/s1. The third kappa shape index (κ3) is 7.48. The van der Waals surface area contributed by atoms with Crippen molar-refractivity contribution in [2.24, 2.45) is 5.92 Å². The topological polar surface area (TPSA) is 48.6 Å². The molecule has 0 aliphatic carbocycles. The summed E-state index contributed by atoms with van der Waals surface area (Å²) in [4.78, 5) is 19.7. The van der Waals surface area contributed by atoms with Gasteiger partial charge in [0.1, 0.15) is 17.5 Å². The van der Waals surface area contributed by atoms with Gasteiger partial charge in [0, 0.05) is 59.3 Å². The Morgan fingerprint density at radius 2 is 1.50 bits per heavy atom. The number of Topliss-reactive ketones (excluding diaryl/α,β-unsaturated/α-hetero) is 1. The molecule has 0 amide bonds. The van der Waals surface area contributed by atoms with E-state index in [1.54, 1.807) is 13.0 Å².